The Bertz CT molecular complexity index is 1480. The average Bonchev–Trinajstić information content (AvgIpc) is 3.21. The molecule has 4 rings (SSSR count). The maximum atomic E-state index is 13.7. The van der Waals surface area contributed by atoms with Crippen LogP contribution in [0.3, 0.4) is 0 Å². The van der Waals surface area contributed by atoms with E-state index in [0.717, 1.165) is 29.7 Å². The summed E-state index contributed by atoms with van der Waals surface area (Å²) in [5.41, 5.74) is 2.22. The van der Waals surface area contributed by atoms with Crippen molar-refractivity contribution in [1.29, 1.82) is 0 Å². The van der Waals surface area contributed by atoms with Crippen LogP contribution in [-0.4, -0.2) is 30.9 Å². The lowest BCUT2D eigenvalue weighted by atomic mass is 9.96. The summed E-state index contributed by atoms with van der Waals surface area (Å²) in [6.07, 6.45) is 5.41. The van der Waals surface area contributed by atoms with Crippen LogP contribution in [0.25, 0.3) is 6.08 Å². The molecule has 1 atom stereocenters. The second-order valence-corrected chi connectivity index (χ2v) is 9.52. The van der Waals surface area contributed by atoms with E-state index in [-0.39, 0.29) is 12.2 Å². The summed E-state index contributed by atoms with van der Waals surface area (Å²) in [7, 11) is 1.59. The number of benzene rings is 2. The van der Waals surface area contributed by atoms with Gasteiger partial charge in [-0.2, -0.15) is 0 Å². The number of carbonyl (C=O) groups is 1. The highest BCUT2D eigenvalue weighted by Gasteiger charge is 2.33. The molecule has 0 radical (unpaired) electrons. The van der Waals surface area contributed by atoms with Gasteiger partial charge < -0.3 is 14.2 Å². The zero-order chi connectivity index (χ0) is 26.4. The topological polar surface area (TPSA) is 79.1 Å². The SMILES string of the molecule is C=CCOC(=O)C1=C(C)N=c2s/c(=C/c3ccc(OCCCC)cc3)c(=O)n2[C@@H]1c1ccc(OC)cc1. The molecule has 2 aromatic carbocycles. The number of esters is 1. The molecule has 1 aliphatic heterocycles. The number of carbonyl (C=O) groups excluding carboxylic acids is 1. The minimum absolute atomic E-state index is 0.0630. The van der Waals surface area contributed by atoms with Crippen LogP contribution in [0.1, 0.15) is 43.9 Å². The monoisotopic (exact) mass is 518 g/mol. The molecular weight excluding hydrogens is 488 g/mol. The molecule has 0 saturated carbocycles. The van der Waals surface area contributed by atoms with E-state index in [0.29, 0.717) is 33.0 Å². The predicted octanol–water partition coefficient (Wildman–Crippen LogP) is 4.15. The number of allylic oxidation sites excluding steroid dienone is 1. The fourth-order valence-electron chi connectivity index (χ4n) is 4.04. The third kappa shape index (κ3) is 5.75. The van der Waals surface area contributed by atoms with Crippen LogP contribution in [0.2, 0.25) is 0 Å². The van der Waals surface area contributed by atoms with Gasteiger partial charge in [0.05, 0.1) is 35.6 Å². The first-order valence-corrected chi connectivity index (χ1v) is 13.0. The second-order valence-electron chi connectivity index (χ2n) is 8.51. The van der Waals surface area contributed by atoms with E-state index in [1.807, 2.05) is 42.5 Å². The Morgan fingerprint density at radius 3 is 2.49 bits per heavy atom. The van der Waals surface area contributed by atoms with Crippen LogP contribution < -0.4 is 24.4 Å². The summed E-state index contributed by atoms with van der Waals surface area (Å²) in [6.45, 7) is 8.23. The molecule has 0 spiro atoms. The fraction of sp³-hybridized carbons (Fsp3) is 0.276. The predicted molar refractivity (Wildman–Crippen MR) is 145 cm³/mol. The number of rotatable bonds is 10. The van der Waals surface area contributed by atoms with Crippen molar-refractivity contribution in [3.63, 3.8) is 0 Å². The summed E-state index contributed by atoms with van der Waals surface area (Å²) in [6, 6.07) is 14.3. The minimum atomic E-state index is -0.684. The molecule has 0 fully saturated rings. The van der Waals surface area contributed by atoms with Gasteiger partial charge in [-0.3, -0.25) is 9.36 Å². The molecule has 192 valence electrons. The van der Waals surface area contributed by atoms with Crippen LogP contribution in [0.4, 0.5) is 0 Å². The Hall–Kier alpha value is -3.91. The van der Waals surface area contributed by atoms with Gasteiger partial charge in [0.25, 0.3) is 5.56 Å². The van der Waals surface area contributed by atoms with Gasteiger partial charge in [0, 0.05) is 0 Å². The average molecular weight is 519 g/mol. The molecule has 0 amide bonds. The Kier molecular flexibility index (Phi) is 8.40. The molecule has 1 aliphatic rings. The van der Waals surface area contributed by atoms with Crippen molar-refractivity contribution in [3.05, 3.63) is 103 Å². The maximum Gasteiger partial charge on any atom is 0.338 e. The summed E-state index contributed by atoms with van der Waals surface area (Å²) in [5.74, 6) is 0.939. The number of hydrogen-bond acceptors (Lipinski definition) is 7. The van der Waals surface area contributed by atoms with E-state index < -0.39 is 12.0 Å². The number of thiazole rings is 1. The largest absolute Gasteiger partial charge is 0.497 e. The Labute approximate surface area is 219 Å². The lowest BCUT2D eigenvalue weighted by Crippen LogP contribution is -2.39. The van der Waals surface area contributed by atoms with Gasteiger partial charge in [0.1, 0.15) is 18.1 Å². The van der Waals surface area contributed by atoms with Crippen LogP contribution in [0.5, 0.6) is 11.5 Å². The summed E-state index contributed by atoms with van der Waals surface area (Å²) in [5, 5.41) is 0. The van der Waals surface area contributed by atoms with Crippen LogP contribution >= 0.6 is 11.3 Å². The van der Waals surface area contributed by atoms with Gasteiger partial charge in [-0.1, -0.05) is 61.6 Å². The maximum absolute atomic E-state index is 13.7. The molecule has 0 bridgehead atoms. The van der Waals surface area contributed by atoms with Crippen molar-refractivity contribution in [2.75, 3.05) is 20.3 Å². The number of hydrogen-bond donors (Lipinski definition) is 0. The molecule has 7 nitrogen and oxygen atoms in total. The minimum Gasteiger partial charge on any atom is -0.497 e. The first kappa shape index (κ1) is 26.2. The van der Waals surface area contributed by atoms with Crippen molar-refractivity contribution in [3.8, 4) is 11.5 Å². The number of unbranched alkanes of at least 4 members (excludes halogenated alkanes) is 1. The van der Waals surface area contributed by atoms with E-state index in [2.05, 4.69) is 18.5 Å². The summed E-state index contributed by atoms with van der Waals surface area (Å²) in [4.78, 5) is 31.9. The number of methoxy groups -OCH3 is 1. The van der Waals surface area contributed by atoms with Crippen molar-refractivity contribution in [2.45, 2.75) is 32.7 Å². The van der Waals surface area contributed by atoms with Gasteiger partial charge in [0.2, 0.25) is 0 Å². The quantitative estimate of drug-likeness (QED) is 0.229. The normalized spacial score (nSPS) is 15.1. The summed E-state index contributed by atoms with van der Waals surface area (Å²) >= 11 is 1.29. The van der Waals surface area contributed by atoms with E-state index in [4.69, 9.17) is 14.2 Å². The molecule has 37 heavy (non-hydrogen) atoms. The summed E-state index contributed by atoms with van der Waals surface area (Å²) < 4.78 is 18.5. The molecule has 8 heteroatoms. The highest BCUT2D eigenvalue weighted by Crippen LogP contribution is 2.31. The third-order valence-corrected chi connectivity index (χ3v) is 6.93. The molecular formula is C29H30N2O5S. The molecule has 3 aromatic rings. The molecule has 0 unspecified atom stereocenters. The zero-order valence-corrected chi connectivity index (χ0v) is 22.0. The number of fused-ring (bicyclic) bond motifs is 1. The number of nitrogens with zero attached hydrogens (tertiary/aromatic N) is 2. The van der Waals surface area contributed by atoms with E-state index in [1.54, 1.807) is 30.7 Å². The van der Waals surface area contributed by atoms with E-state index in [1.165, 1.54) is 17.4 Å². The van der Waals surface area contributed by atoms with Gasteiger partial charge in [-0.25, -0.2) is 9.79 Å². The second kappa shape index (κ2) is 11.9. The van der Waals surface area contributed by atoms with Gasteiger partial charge in [0.15, 0.2) is 4.80 Å². The standard InChI is InChI=1S/C29H30N2O5S/c1-5-7-17-35-23-12-8-20(9-13-23)18-24-27(32)31-26(21-10-14-22(34-4)15-11-21)25(28(33)36-16-6-2)19(3)30-29(31)37-24/h6,8-15,18,26H,2,5,7,16-17H2,1,3-4H3/b24-18+/t26-/m1/s1. The van der Waals surface area contributed by atoms with Crippen LogP contribution in [-0.2, 0) is 9.53 Å². The van der Waals surface area contributed by atoms with Crippen molar-refractivity contribution in [2.24, 2.45) is 4.99 Å². The lowest BCUT2D eigenvalue weighted by molar-refractivity contribution is -0.138. The first-order chi connectivity index (χ1) is 18.0. The molecule has 2 heterocycles. The number of aromatic nitrogens is 1. The molecule has 0 N–H and O–H groups in total. The van der Waals surface area contributed by atoms with Gasteiger partial charge in [-0.05, 0) is 54.8 Å². The number of ether oxygens (including phenoxy) is 3. The van der Waals surface area contributed by atoms with Crippen molar-refractivity contribution >= 4 is 23.4 Å². The molecule has 1 aromatic heterocycles. The fourth-order valence-corrected chi connectivity index (χ4v) is 5.09. The zero-order valence-electron chi connectivity index (χ0n) is 21.2. The van der Waals surface area contributed by atoms with E-state index in [9.17, 15) is 9.59 Å². The highest BCUT2D eigenvalue weighted by molar-refractivity contribution is 7.07. The Balaban J connectivity index is 1.78. The lowest BCUT2D eigenvalue weighted by Gasteiger charge is -2.24. The van der Waals surface area contributed by atoms with Crippen molar-refractivity contribution < 1.29 is 19.0 Å². The van der Waals surface area contributed by atoms with Gasteiger partial charge in [-0.15, -0.1) is 0 Å². The third-order valence-electron chi connectivity index (χ3n) is 5.95. The smallest absolute Gasteiger partial charge is 0.338 e. The Morgan fingerprint density at radius 1 is 1.14 bits per heavy atom. The van der Waals surface area contributed by atoms with Gasteiger partial charge >= 0.3 is 5.97 Å². The Morgan fingerprint density at radius 2 is 1.84 bits per heavy atom. The van der Waals surface area contributed by atoms with Crippen molar-refractivity contribution in [1.82, 2.24) is 4.57 Å². The van der Waals surface area contributed by atoms with Crippen LogP contribution in [0.15, 0.2) is 82.2 Å². The molecule has 0 aliphatic carbocycles. The van der Waals surface area contributed by atoms with E-state index >= 15 is 0 Å². The first-order valence-electron chi connectivity index (χ1n) is 12.1. The van der Waals surface area contributed by atoms with Crippen LogP contribution in [0, 0.1) is 0 Å². The highest BCUT2D eigenvalue weighted by atomic mass is 32.1. The molecule has 0 saturated heterocycles.